The van der Waals surface area contributed by atoms with E-state index in [4.69, 9.17) is 9.90 Å². The second-order valence-electron chi connectivity index (χ2n) is 9.61. The third kappa shape index (κ3) is 6.71. The summed E-state index contributed by atoms with van der Waals surface area (Å²) in [6.45, 7) is 1.47. The predicted molar refractivity (Wildman–Crippen MR) is 148 cm³/mol. The topological polar surface area (TPSA) is 102 Å². The Hall–Kier alpha value is -3.16. The summed E-state index contributed by atoms with van der Waals surface area (Å²) in [6.07, 6.45) is 1.92. The highest BCUT2D eigenvalue weighted by molar-refractivity contribution is 14.1. The van der Waals surface area contributed by atoms with Gasteiger partial charge in [0.1, 0.15) is 11.4 Å². The molecule has 1 fully saturated rings. The van der Waals surface area contributed by atoms with Gasteiger partial charge in [0.05, 0.1) is 30.0 Å². The number of hydrogen-bond acceptors (Lipinski definition) is 5. The van der Waals surface area contributed by atoms with Gasteiger partial charge in [0.2, 0.25) is 0 Å². The molecule has 3 aromatic rings. The lowest BCUT2D eigenvalue weighted by atomic mass is 9.92. The summed E-state index contributed by atoms with van der Waals surface area (Å²) in [4.78, 5) is 23.5. The fourth-order valence-electron chi connectivity index (χ4n) is 4.75. The number of rotatable bonds is 6. The molecule has 0 saturated carbocycles. The number of carbonyl (C=O) groups is 2. The molecule has 1 heterocycles. The van der Waals surface area contributed by atoms with Crippen LogP contribution in [0, 0.1) is 21.0 Å². The van der Waals surface area contributed by atoms with Crippen LogP contribution in [0.4, 0.5) is 24.5 Å². The first kappa shape index (κ1) is 28.8. The Morgan fingerprint density at radius 1 is 1.08 bits per heavy atom. The smallest absolute Gasteiger partial charge is 0.300 e. The molecule has 7 nitrogen and oxygen atoms in total. The van der Waals surface area contributed by atoms with E-state index in [0.717, 1.165) is 25.8 Å². The molecule has 0 radical (unpaired) electrons. The van der Waals surface area contributed by atoms with Crippen molar-refractivity contribution in [3.8, 4) is 0 Å². The van der Waals surface area contributed by atoms with Crippen molar-refractivity contribution in [1.29, 1.82) is 0 Å². The number of aryl methyl sites for hydroxylation is 1. The second kappa shape index (κ2) is 11.9. The fourth-order valence-corrected chi connectivity index (χ4v) is 5.20. The van der Waals surface area contributed by atoms with Gasteiger partial charge in [0.15, 0.2) is 11.6 Å². The molecule has 3 aromatic carbocycles. The number of β-amino-alcohol motifs (C(OH)–C–C–N with tert-alkyl or cyclic N) is 1. The zero-order chi connectivity index (χ0) is 28.3. The van der Waals surface area contributed by atoms with Crippen LogP contribution in [-0.4, -0.2) is 52.2 Å². The second-order valence-corrected chi connectivity index (χ2v) is 10.9. The summed E-state index contributed by atoms with van der Waals surface area (Å²) in [5.74, 6) is -4.49. The number of likely N-dealkylation sites (tertiary alicyclic amines) is 1. The Kier molecular flexibility index (Phi) is 8.82. The van der Waals surface area contributed by atoms with Crippen LogP contribution in [0.15, 0.2) is 54.6 Å². The van der Waals surface area contributed by atoms with Crippen molar-refractivity contribution in [2.75, 3.05) is 25.0 Å². The molecule has 0 aromatic heterocycles. The highest BCUT2D eigenvalue weighted by Gasteiger charge is 2.44. The summed E-state index contributed by atoms with van der Waals surface area (Å²) < 4.78 is 43.6. The van der Waals surface area contributed by atoms with Gasteiger partial charge < -0.3 is 25.7 Å². The highest BCUT2D eigenvalue weighted by atomic mass is 127. The summed E-state index contributed by atoms with van der Waals surface area (Å²) in [7, 11) is 0. The molecule has 2 aliphatic rings. The number of halogens is 4. The molecule has 1 aliphatic carbocycles. The van der Waals surface area contributed by atoms with E-state index in [0.29, 0.717) is 10.1 Å². The van der Waals surface area contributed by atoms with E-state index in [1.165, 1.54) is 34.2 Å². The molecule has 4 N–H and O–H groups in total. The first-order valence-corrected chi connectivity index (χ1v) is 13.3. The number of carboxylic acids is 1. The van der Waals surface area contributed by atoms with Gasteiger partial charge in [-0.3, -0.25) is 9.59 Å². The average Bonchev–Trinajstić information content (AvgIpc) is 3.28. The van der Waals surface area contributed by atoms with Gasteiger partial charge in [-0.25, -0.2) is 13.2 Å². The number of amides is 1. The Bertz CT molecular complexity index is 1390. The number of benzene rings is 3. The standard InChI is InChI=1S/C26H23F3IN3O2.C2H4O2/c27-19-8-7-18(24(23(19)29)32-22-10-6-16(30)11-20(22)28)25(34)33-13-26(35,14-33)12-31-21-9-5-15-3-1-2-4-17(15)21;1-2(3)4/h1-4,6-8,10-11,21,31-32,35H,5,9,12-14H2;1H3,(H,3,4). The van der Waals surface area contributed by atoms with Crippen LogP contribution in [-0.2, 0) is 11.2 Å². The van der Waals surface area contributed by atoms with E-state index < -0.39 is 40.6 Å². The van der Waals surface area contributed by atoms with Crippen molar-refractivity contribution in [3.05, 3.63) is 92.3 Å². The molecule has 1 saturated heterocycles. The van der Waals surface area contributed by atoms with Gasteiger partial charge in [-0.15, -0.1) is 0 Å². The van der Waals surface area contributed by atoms with Crippen LogP contribution in [0.2, 0.25) is 0 Å². The van der Waals surface area contributed by atoms with Crippen LogP contribution in [0.5, 0.6) is 0 Å². The van der Waals surface area contributed by atoms with Crippen molar-refractivity contribution in [2.24, 2.45) is 0 Å². The normalized spacial score (nSPS) is 17.0. The van der Waals surface area contributed by atoms with Gasteiger partial charge >= 0.3 is 0 Å². The van der Waals surface area contributed by atoms with E-state index in [1.54, 1.807) is 6.07 Å². The number of aliphatic carboxylic acids is 1. The third-order valence-corrected chi connectivity index (χ3v) is 7.25. The maximum Gasteiger partial charge on any atom is 0.300 e. The summed E-state index contributed by atoms with van der Waals surface area (Å²) in [5.41, 5.74) is 0.744. The van der Waals surface area contributed by atoms with Gasteiger partial charge in [0, 0.05) is 23.1 Å². The quantitative estimate of drug-likeness (QED) is 0.280. The lowest BCUT2D eigenvalue weighted by Crippen LogP contribution is -2.67. The molecule has 0 bridgehead atoms. The van der Waals surface area contributed by atoms with Crippen molar-refractivity contribution < 1.29 is 33.0 Å². The minimum absolute atomic E-state index is 0.0452. The Morgan fingerprint density at radius 2 is 1.77 bits per heavy atom. The number of aliphatic hydroxyl groups is 1. The molecule has 206 valence electrons. The van der Waals surface area contributed by atoms with Crippen molar-refractivity contribution in [2.45, 2.75) is 31.4 Å². The Labute approximate surface area is 237 Å². The van der Waals surface area contributed by atoms with Crippen LogP contribution in [0.1, 0.15) is 40.9 Å². The summed E-state index contributed by atoms with van der Waals surface area (Å²) in [6, 6.07) is 14.6. The maximum atomic E-state index is 14.7. The van der Waals surface area contributed by atoms with Crippen LogP contribution < -0.4 is 10.6 Å². The number of nitrogens with one attached hydrogen (secondary N) is 2. The number of fused-ring (bicyclic) bond motifs is 1. The lowest BCUT2D eigenvalue weighted by Gasteiger charge is -2.47. The van der Waals surface area contributed by atoms with Gasteiger partial charge in [-0.05, 0) is 76.9 Å². The molecular weight excluding hydrogens is 626 g/mol. The molecule has 5 rings (SSSR count). The van der Waals surface area contributed by atoms with E-state index >= 15 is 0 Å². The van der Waals surface area contributed by atoms with Crippen LogP contribution in [0.3, 0.4) is 0 Å². The van der Waals surface area contributed by atoms with E-state index in [-0.39, 0.29) is 30.4 Å². The number of carboxylic acid groups (broad SMARTS) is 1. The lowest BCUT2D eigenvalue weighted by molar-refractivity contribution is -0.134. The SMILES string of the molecule is CC(=O)O.O=C(c1ccc(F)c(F)c1Nc1ccc(I)cc1F)N1CC(O)(CNC2CCc3ccccc32)C1. The summed E-state index contributed by atoms with van der Waals surface area (Å²) in [5, 5.41) is 24.2. The molecule has 39 heavy (non-hydrogen) atoms. The molecule has 11 heteroatoms. The molecule has 1 amide bonds. The van der Waals surface area contributed by atoms with Crippen molar-refractivity contribution >= 4 is 45.8 Å². The zero-order valence-corrected chi connectivity index (χ0v) is 23.1. The minimum Gasteiger partial charge on any atom is -0.481 e. The van der Waals surface area contributed by atoms with Gasteiger partial charge in [-0.1, -0.05) is 24.3 Å². The molecule has 0 spiro atoms. The Morgan fingerprint density at radius 3 is 2.46 bits per heavy atom. The van der Waals surface area contributed by atoms with Crippen molar-refractivity contribution in [3.63, 3.8) is 0 Å². The first-order valence-electron chi connectivity index (χ1n) is 12.2. The Balaban J connectivity index is 0.000000826. The van der Waals surface area contributed by atoms with E-state index in [9.17, 15) is 23.1 Å². The minimum atomic E-state index is -1.27. The first-order chi connectivity index (χ1) is 18.5. The number of carbonyl (C=O) groups excluding carboxylic acids is 1. The fraction of sp³-hybridized carbons (Fsp3) is 0.286. The maximum absolute atomic E-state index is 14.7. The number of hydrogen-bond donors (Lipinski definition) is 4. The molecular formula is C28H27F3IN3O4. The predicted octanol–water partition coefficient (Wildman–Crippen LogP) is 5.01. The zero-order valence-electron chi connectivity index (χ0n) is 21.0. The number of nitrogens with zero attached hydrogens (tertiary/aromatic N) is 1. The van der Waals surface area contributed by atoms with Crippen LogP contribution in [0.25, 0.3) is 0 Å². The largest absolute Gasteiger partial charge is 0.481 e. The van der Waals surface area contributed by atoms with E-state index in [1.807, 2.05) is 34.7 Å². The number of anilines is 2. The molecule has 1 aliphatic heterocycles. The van der Waals surface area contributed by atoms with Crippen LogP contribution >= 0.6 is 22.6 Å². The van der Waals surface area contributed by atoms with Gasteiger partial charge in [0.25, 0.3) is 11.9 Å². The highest BCUT2D eigenvalue weighted by Crippen LogP contribution is 2.34. The average molecular weight is 653 g/mol. The van der Waals surface area contributed by atoms with Crippen molar-refractivity contribution in [1.82, 2.24) is 10.2 Å². The monoisotopic (exact) mass is 653 g/mol. The third-order valence-electron chi connectivity index (χ3n) is 6.58. The van der Waals surface area contributed by atoms with Gasteiger partial charge in [-0.2, -0.15) is 0 Å². The molecule has 1 atom stereocenters. The summed E-state index contributed by atoms with van der Waals surface area (Å²) >= 11 is 1.93. The van der Waals surface area contributed by atoms with E-state index in [2.05, 4.69) is 22.8 Å². The molecule has 1 unspecified atom stereocenters.